The summed E-state index contributed by atoms with van der Waals surface area (Å²) in [6.45, 7) is 2.66. The Kier molecular flexibility index (Phi) is 5.77. The first-order valence-corrected chi connectivity index (χ1v) is 6.13. The number of hydrogen-bond donors (Lipinski definition) is 2. The minimum Gasteiger partial charge on any atom is -0.468 e. The quantitative estimate of drug-likeness (QED) is 0.594. The van der Waals surface area contributed by atoms with Crippen molar-refractivity contribution in [3.8, 4) is 0 Å². The lowest BCUT2D eigenvalue weighted by Crippen LogP contribution is -2.44. The van der Waals surface area contributed by atoms with Crippen molar-refractivity contribution in [1.29, 1.82) is 0 Å². The van der Waals surface area contributed by atoms with Gasteiger partial charge in [0.05, 0.1) is 13.7 Å². The molecule has 15 heavy (non-hydrogen) atoms. The van der Waals surface area contributed by atoms with Gasteiger partial charge < -0.3 is 9.84 Å². The summed E-state index contributed by atoms with van der Waals surface area (Å²) in [5.41, 5.74) is 0. The van der Waals surface area contributed by atoms with Crippen molar-refractivity contribution in [1.82, 2.24) is 4.72 Å². The van der Waals surface area contributed by atoms with Gasteiger partial charge in [0, 0.05) is 6.04 Å². The summed E-state index contributed by atoms with van der Waals surface area (Å²) in [6, 6.07) is -0.567. The molecule has 0 fully saturated rings. The summed E-state index contributed by atoms with van der Waals surface area (Å²) in [7, 11) is -2.66. The summed E-state index contributed by atoms with van der Waals surface area (Å²) < 4.78 is 29.6. The van der Waals surface area contributed by atoms with Gasteiger partial charge >= 0.3 is 5.97 Å². The lowest BCUT2D eigenvalue weighted by molar-refractivity contribution is -0.139. The largest absolute Gasteiger partial charge is 0.468 e. The van der Waals surface area contributed by atoms with E-state index in [4.69, 9.17) is 5.11 Å². The number of sulfonamides is 1. The molecule has 0 heterocycles. The highest BCUT2D eigenvalue weighted by Gasteiger charge is 2.30. The molecule has 0 rings (SSSR count). The summed E-state index contributed by atoms with van der Waals surface area (Å²) >= 11 is 0. The standard InChI is InChI=1S/C8H17NO5S/c1-4-7(5-10)9-15(12,13)6(2)8(11)14-3/h6-7,9-10H,4-5H2,1-3H3/t6?,7-/m0/s1. The number of rotatable bonds is 6. The molecule has 90 valence electrons. The predicted molar refractivity (Wildman–Crippen MR) is 54.7 cm³/mol. The van der Waals surface area contributed by atoms with Crippen molar-refractivity contribution in [2.75, 3.05) is 13.7 Å². The molecule has 0 aromatic rings. The number of nitrogens with one attached hydrogen (secondary N) is 1. The van der Waals surface area contributed by atoms with Crippen LogP contribution in [-0.2, 0) is 19.6 Å². The van der Waals surface area contributed by atoms with Gasteiger partial charge in [-0.3, -0.25) is 4.79 Å². The molecular weight excluding hydrogens is 222 g/mol. The normalized spacial score (nSPS) is 15.7. The van der Waals surface area contributed by atoms with Gasteiger partial charge in [0.25, 0.3) is 0 Å². The average molecular weight is 239 g/mol. The molecule has 0 aliphatic rings. The number of hydrogen-bond acceptors (Lipinski definition) is 5. The number of carbonyl (C=O) groups excluding carboxylic acids is 1. The van der Waals surface area contributed by atoms with E-state index < -0.39 is 27.3 Å². The van der Waals surface area contributed by atoms with E-state index in [-0.39, 0.29) is 6.61 Å². The monoisotopic (exact) mass is 239 g/mol. The molecule has 0 spiro atoms. The van der Waals surface area contributed by atoms with Gasteiger partial charge in [0.2, 0.25) is 10.0 Å². The first-order valence-electron chi connectivity index (χ1n) is 4.58. The Bertz CT molecular complexity index is 296. The van der Waals surface area contributed by atoms with Crippen LogP contribution in [0.15, 0.2) is 0 Å². The number of methoxy groups -OCH3 is 1. The fraction of sp³-hybridized carbons (Fsp3) is 0.875. The second-order valence-corrected chi connectivity index (χ2v) is 5.15. The van der Waals surface area contributed by atoms with Crippen LogP contribution in [0.5, 0.6) is 0 Å². The molecule has 0 aliphatic carbocycles. The maximum atomic E-state index is 11.5. The number of esters is 1. The number of carbonyl (C=O) groups is 1. The van der Waals surface area contributed by atoms with Crippen LogP contribution in [0.2, 0.25) is 0 Å². The molecular formula is C8H17NO5S. The topological polar surface area (TPSA) is 92.7 Å². The van der Waals surface area contributed by atoms with Gasteiger partial charge in [-0.2, -0.15) is 0 Å². The minimum absolute atomic E-state index is 0.302. The molecule has 0 aromatic heterocycles. The average Bonchev–Trinajstić information content (AvgIpc) is 2.23. The zero-order chi connectivity index (χ0) is 12.1. The van der Waals surface area contributed by atoms with Gasteiger partial charge in [0.1, 0.15) is 0 Å². The van der Waals surface area contributed by atoms with Crippen molar-refractivity contribution in [3.63, 3.8) is 0 Å². The van der Waals surface area contributed by atoms with E-state index in [0.717, 1.165) is 7.11 Å². The highest BCUT2D eigenvalue weighted by Crippen LogP contribution is 2.03. The Morgan fingerprint density at radius 1 is 1.53 bits per heavy atom. The second-order valence-electron chi connectivity index (χ2n) is 3.12. The number of aliphatic hydroxyl groups excluding tert-OH is 1. The SMILES string of the molecule is CC[C@@H](CO)NS(=O)(=O)C(C)C(=O)OC. The molecule has 1 unspecified atom stereocenters. The van der Waals surface area contributed by atoms with Gasteiger partial charge in [-0.25, -0.2) is 13.1 Å². The predicted octanol–water partition coefficient (Wildman–Crippen LogP) is -0.762. The van der Waals surface area contributed by atoms with Gasteiger partial charge in [-0.1, -0.05) is 6.92 Å². The highest BCUT2D eigenvalue weighted by atomic mass is 32.2. The third kappa shape index (κ3) is 4.15. The van der Waals surface area contributed by atoms with Crippen molar-refractivity contribution in [3.05, 3.63) is 0 Å². The van der Waals surface area contributed by atoms with Gasteiger partial charge in [0.15, 0.2) is 5.25 Å². The van der Waals surface area contributed by atoms with E-state index in [1.165, 1.54) is 6.92 Å². The Hall–Kier alpha value is -0.660. The van der Waals surface area contributed by atoms with E-state index in [0.29, 0.717) is 6.42 Å². The van der Waals surface area contributed by atoms with E-state index in [1.807, 2.05) is 0 Å². The molecule has 2 N–H and O–H groups in total. The van der Waals surface area contributed by atoms with Gasteiger partial charge in [-0.05, 0) is 13.3 Å². The van der Waals surface area contributed by atoms with E-state index in [2.05, 4.69) is 9.46 Å². The Morgan fingerprint density at radius 3 is 2.40 bits per heavy atom. The Morgan fingerprint density at radius 2 is 2.07 bits per heavy atom. The molecule has 0 aromatic carbocycles. The summed E-state index contributed by atoms with van der Waals surface area (Å²) in [6.07, 6.45) is 0.448. The first kappa shape index (κ1) is 14.3. The maximum Gasteiger partial charge on any atom is 0.325 e. The third-order valence-electron chi connectivity index (χ3n) is 2.04. The highest BCUT2D eigenvalue weighted by molar-refractivity contribution is 7.90. The molecule has 0 radical (unpaired) electrons. The van der Waals surface area contributed by atoms with Crippen LogP contribution in [0.1, 0.15) is 20.3 Å². The first-order chi connectivity index (χ1) is 6.88. The fourth-order valence-electron chi connectivity index (χ4n) is 0.877. The Balaban J connectivity index is 4.61. The molecule has 0 saturated heterocycles. The fourth-order valence-corrected chi connectivity index (χ4v) is 2.14. The smallest absolute Gasteiger partial charge is 0.325 e. The Labute approximate surface area is 89.7 Å². The third-order valence-corrected chi connectivity index (χ3v) is 3.83. The van der Waals surface area contributed by atoms with Gasteiger partial charge in [-0.15, -0.1) is 0 Å². The molecule has 0 aliphatic heterocycles. The summed E-state index contributed by atoms with van der Waals surface area (Å²) in [4.78, 5) is 11.0. The lowest BCUT2D eigenvalue weighted by atomic mass is 10.3. The van der Waals surface area contributed by atoms with Crippen LogP contribution < -0.4 is 4.72 Å². The molecule has 7 heteroatoms. The summed E-state index contributed by atoms with van der Waals surface area (Å²) in [5, 5.41) is 7.55. The number of ether oxygens (including phenoxy) is 1. The molecule has 0 amide bonds. The van der Waals surface area contributed by atoms with Crippen LogP contribution in [0.4, 0.5) is 0 Å². The summed E-state index contributed by atoms with van der Waals surface area (Å²) in [5.74, 6) is -0.824. The van der Waals surface area contributed by atoms with Crippen LogP contribution in [0.25, 0.3) is 0 Å². The van der Waals surface area contributed by atoms with E-state index >= 15 is 0 Å². The van der Waals surface area contributed by atoms with Crippen LogP contribution in [0.3, 0.4) is 0 Å². The molecule has 2 atom stereocenters. The van der Waals surface area contributed by atoms with Crippen molar-refractivity contribution >= 4 is 16.0 Å². The minimum atomic E-state index is -3.78. The van der Waals surface area contributed by atoms with Crippen molar-refractivity contribution < 1.29 is 23.1 Å². The molecule has 0 saturated carbocycles. The zero-order valence-electron chi connectivity index (χ0n) is 9.06. The van der Waals surface area contributed by atoms with Crippen LogP contribution >= 0.6 is 0 Å². The second kappa shape index (κ2) is 6.04. The molecule has 0 bridgehead atoms. The van der Waals surface area contributed by atoms with Crippen molar-refractivity contribution in [2.24, 2.45) is 0 Å². The van der Waals surface area contributed by atoms with Crippen molar-refractivity contribution in [2.45, 2.75) is 31.6 Å². The zero-order valence-corrected chi connectivity index (χ0v) is 9.87. The molecule has 6 nitrogen and oxygen atoms in total. The maximum absolute atomic E-state index is 11.5. The lowest BCUT2D eigenvalue weighted by Gasteiger charge is -2.17. The van der Waals surface area contributed by atoms with Crippen LogP contribution in [0, 0.1) is 0 Å². The number of aliphatic hydroxyl groups is 1. The van der Waals surface area contributed by atoms with E-state index in [1.54, 1.807) is 6.92 Å². The van der Waals surface area contributed by atoms with Crippen LogP contribution in [-0.4, -0.2) is 44.5 Å². The van der Waals surface area contributed by atoms with E-state index in [9.17, 15) is 13.2 Å².